The highest BCUT2D eigenvalue weighted by atomic mass is 16.5. The number of rotatable bonds is 2. The zero-order chi connectivity index (χ0) is 14.7. The lowest BCUT2D eigenvalue weighted by molar-refractivity contribution is 0.455. The van der Waals surface area contributed by atoms with Crippen LogP contribution in [0.4, 0.5) is 5.69 Å². The molecule has 1 aromatic heterocycles. The van der Waals surface area contributed by atoms with Crippen LogP contribution >= 0.6 is 0 Å². The standard InChI is InChI=1S/C15H12N4O/c1-9-5-11(7-16)6-10(2)15(9)20-14-4-3-12(18)13(8-17)19-14/h3-6H,18H2,1-2H3. The number of hydrogen-bond acceptors (Lipinski definition) is 5. The largest absolute Gasteiger partial charge is 0.438 e. The van der Waals surface area contributed by atoms with Crippen LogP contribution in [0.1, 0.15) is 22.4 Å². The molecular formula is C15H12N4O. The van der Waals surface area contributed by atoms with Crippen molar-refractivity contribution in [1.29, 1.82) is 10.5 Å². The molecule has 5 heteroatoms. The van der Waals surface area contributed by atoms with Gasteiger partial charge in [-0.2, -0.15) is 10.5 Å². The zero-order valence-electron chi connectivity index (χ0n) is 11.1. The number of ether oxygens (including phenoxy) is 1. The van der Waals surface area contributed by atoms with Gasteiger partial charge in [-0.1, -0.05) is 0 Å². The van der Waals surface area contributed by atoms with Crippen LogP contribution < -0.4 is 10.5 Å². The van der Waals surface area contributed by atoms with Gasteiger partial charge in [0.25, 0.3) is 0 Å². The molecule has 0 spiro atoms. The fraction of sp³-hybridized carbons (Fsp3) is 0.133. The third-order valence-electron chi connectivity index (χ3n) is 2.80. The Balaban J connectivity index is 2.41. The van der Waals surface area contributed by atoms with Crippen LogP contribution in [-0.2, 0) is 0 Å². The lowest BCUT2D eigenvalue weighted by Gasteiger charge is -2.11. The number of nitrogens with zero attached hydrogens (tertiary/aromatic N) is 3. The van der Waals surface area contributed by atoms with E-state index in [4.69, 9.17) is 21.0 Å². The number of nitrogen functional groups attached to an aromatic ring is 1. The highest BCUT2D eigenvalue weighted by molar-refractivity contribution is 5.52. The zero-order valence-corrected chi connectivity index (χ0v) is 11.1. The summed E-state index contributed by atoms with van der Waals surface area (Å²) in [6, 6.07) is 10.7. The summed E-state index contributed by atoms with van der Waals surface area (Å²) in [7, 11) is 0. The number of benzene rings is 1. The van der Waals surface area contributed by atoms with Gasteiger partial charge in [-0.25, -0.2) is 4.98 Å². The van der Waals surface area contributed by atoms with E-state index in [1.807, 2.05) is 19.9 Å². The summed E-state index contributed by atoms with van der Waals surface area (Å²) >= 11 is 0. The van der Waals surface area contributed by atoms with Gasteiger partial charge in [0, 0.05) is 6.07 Å². The summed E-state index contributed by atoms with van der Waals surface area (Å²) in [5.74, 6) is 0.928. The SMILES string of the molecule is Cc1cc(C#N)cc(C)c1Oc1ccc(N)c(C#N)n1. The van der Waals surface area contributed by atoms with Gasteiger partial charge in [0.1, 0.15) is 11.8 Å². The Morgan fingerprint density at radius 2 is 1.75 bits per heavy atom. The van der Waals surface area contributed by atoms with Gasteiger partial charge >= 0.3 is 0 Å². The molecule has 0 saturated carbocycles. The molecule has 0 bridgehead atoms. The van der Waals surface area contributed by atoms with E-state index in [0.717, 1.165) is 11.1 Å². The second kappa shape index (κ2) is 5.29. The van der Waals surface area contributed by atoms with Crippen LogP contribution in [0.15, 0.2) is 24.3 Å². The second-order valence-corrected chi connectivity index (χ2v) is 4.35. The van der Waals surface area contributed by atoms with Gasteiger partial charge in [0.05, 0.1) is 17.3 Å². The third-order valence-corrected chi connectivity index (χ3v) is 2.80. The molecule has 5 nitrogen and oxygen atoms in total. The van der Waals surface area contributed by atoms with Crippen molar-refractivity contribution in [2.45, 2.75) is 13.8 Å². The number of hydrogen-bond donors (Lipinski definition) is 1. The van der Waals surface area contributed by atoms with E-state index in [-0.39, 0.29) is 5.69 Å². The maximum Gasteiger partial charge on any atom is 0.220 e. The number of pyridine rings is 1. The molecule has 0 saturated heterocycles. The monoisotopic (exact) mass is 264 g/mol. The van der Waals surface area contributed by atoms with Crippen molar-refractivity contribution in [3.63, 3.8) is 0 Å². The number of aromatic nitrogens is 1. The van der Waals surface area contributed by atoms with Crippen LogP contribution in [0.25, 0.3) is 0 Å². The molecule has 0 aliphatic carbocycles. The molecule has 2 rings (SSSR count). The molecule has 0 radical (unpaired) electrons. The molecule has 98 valence electrons. The molecular weight excluding hydrogens is 252 g/mol. The summed E-state index contributed by atoms with van der Waals surface area (Å²) < 4.78 is 5.71. The van der Waals surface area contributed by atoms with E-state index < -0.39 is 0 Å². The maximum absolute atomic E-state index is 8.91. The lowest BCUT2D eigenvalue weighted by atomic mass is 10.1. The van der Waals surface area contributed by atoms with Crippen LogP contribution in [0.3, 0.4) is 0 Å². The van der Waals surface area contributed by atoms with Gasteiger partial charge in [-0.05, 0) is 43.2 Å². The molecule has 1 heterocycles. The van der Waals surface area contributed by atoms with Crippen molar-refractivity contribution in [2.24, 2.45) is 0 Å². The van der Waals surface area contributed by atoms with E-state index in [2.05, 4.69) is 11.1 Å². The summed E-state index contributed by atoms with van der Waals surface area (Å²) in [6.45, 7) is 3.71. The first-order chi connectivity index (χ1) is 9.55. The van der Waals surface area contributed by atoms with E-state index in [1.165, 1.54) is 0 Å². The average Bonchev–Trinajstić information content (AvgIpc) is 2.44. The van der Waals surface area contributed by atoms with Crippen LogP contribution in [0.5, 0.6) is 11.6 Å². The Hall–Kier alpha value is -3.05. The van der Waals surface area contributed by atoms with E-state index in [9.17, 15) is 0 Å². The molecule has 0 aliphatic rings. The minimum Gasteiger partial charge on any atom is -0.438 e. The molecule has 0 fully saturated rings. The van der Waals surface area contributed by atoms with Crippen molar-refractivity contribution in [3.8, 4) is 23.8 Å². The van der Waals surface area contributed by atoms with E-state index >= 15 is 0 Å². The predicted octanol–water partition coefficient (Wildman–Crippen LogP) is 2.82. The predicted molar refractivity (Wildman–Crippen MR) is 74.1 cm³/mol. The first kappa shape index (κ1) is 13.4. The first-order valence-electron chi connectivity index (χ1n) is 5.91. The quantitative estimate of drug-likeness (QED) is 0.899. The van der Waals surface area contributed by atoms with Crippen molar-refractivity contribution >= 4 is 5.69 Å². The molecule has 0 aliphatic heterocycles. The summed E-state index contributed by atoms with van der Waals surface area (Å²) in [4.78, 5) is 4.04. The minimum absolute atomic E-state index is 0.131. The summed E-state index contributed by atoms with van der Waals surface area (Å²) in [5, 5.41) is 17.8. The molecule has 2 N–H and O–H groups in total. The van der Waals surface area contributed by atoms with E-state index in [1.54, 1.807) is 24.3 Å². The molecule has 0 amide bonds. The number of nitriles is 2. The van der Waals surface area contributed by atoms with Gasteiger partial charge in [0.15, 0.2) is 5.69 Å². The summed E-state index contributed by atoms with van der Waals surface area (Å²) in [5.41, 5.74) is 8.30. The average molecular weight is 264 g/mol. The van der Waals surface area contributed by atoms with Crippen molar-refractivity contribution in [2.75, 3.05) is 5.73 Å². The highest BCUT2D eigenvalue weighted by Gasteiger charge is 2.10. The van der Waals surface area contributed by atoms with Crippen LogP contribution in [0, 0.1) is 36.5 Å². The highest BCUT2D eigenvalue weighted by Crippen LogP contribution is 2.29. The molecule has 1 aromatic carbocycles. The number of nitrogens with two attached hydrogens (primary N) is 1. The topological polar surface area (TPSA) is 95.7 Å². The molecule has 0 atom stereocenters. The van der Waals surface area contributed by atoms with Crippen LogP contribution in [0.2, 0.25) is 0 Å². The fourth-order valence-corrected chi connectivity index (χ4v) is 1.88. The van der Waals surface area contributed by atoms with Gasteiger partial charge in [-0.3, -0.25) is 0 Å². The van der Waals surface area contributed by atoms with Gasteiger partial charge < -0.3 is 10.5 Å². The maximum atomic E-state index is 8.91. The number of aryl methyl sites for hydroxylation is 2. The first-order valence-corrected chi connectivity index (χ1v) is 5.91. The third kappa shape index (κ3) is 2.52. The fourth-order valence-electron chi connectivity index (χ4n) is 1.88. The van der Waals surface area contributed by atoms with Gasteiger partial charge in [0.2, 0.25) is 5.88 Å². The van der Waals surface area contributed by atoms with Gasteiger partial charge in [-0.15, -0.1) is 0 Å². The van der Waals surface area contributed by atoms with Crippen LogP contribution in [-0.4, -0.2) is 4.98 Å². The Morgan fingerprint density at radius 1 is 1.10 bits per heavy atom. The minimum atomic E-state index is 0.131. The van der Waals surface area contributed by atoms with Crippen molar-refractivity contribution < 1.29 is 4.74 Å². The Labute approximate surface area is 116 Å². The smallest absolute Gasteiger partial charge is 0.220 e. The molecule has 2 aromatic rings. The Bertz CT molecular complexity index is 730. The molecule has 0 unspecified atom stereocenters. The Morgan fingerprint density at radius 3 is 2.30 bits per heavy atom. The second-order valence-electron chi connectivity index (χ2n) is 4.35. The van der Waals surface area contributed by atoms with E-state index in [0.29, 0.717) is 22.9 Å². The molecule has 20 heavy (non-hydrogen) atoms. The Kier molecular flexibility index (Phi) is 3.54. The van der Waals surface area contributed by atoms with Crippen molar-refractivity contribution in [1.82, 2.24) is 4.98 Å². The lowest BCUT2D eigenvalue weighted by Crippen LogP contribution is -1.98. The normalized spacial score (nSPS) is 9.60. The number of anilines is 1. The van der Waals surface area contributed by atoms with Crippen molar-refractivity contribution in [3.05, 3.63) is 46.6 Å². The summed E-state index contributed by atoms with van der Waals surface area (Å²) in [6.07, 6.45) is 0.